The number of nitrogens with one attached hydrogen (secondary N) is 2. The maximum Gasteiger partial charge on any atom is 0.224 e. The van der Waals surface area contributed by atoms with Gasteiger partial charge in [-0.15, -0.1) is 0 Å². The number of anilines is 1. The van der Waals surface area contributed by atoms with Crippen molar-refractivity contribution in [3.63, 3.8) is 0 Å². The van der Waals surface area contributed by atoms with E-state index in [2.05, 4.69) is 17.2 Å². The van der Waals surface area contributed by atoms with Crippen LogP contribution in [0.3, 0.4) is 0 Å². The number of carbonyl (C=O) groups is 1. The van der Waals surface area contributed by atoms with Gasteiger partial charge in [0.25, 0.3) is 0 Å². The fourth-order valence-electron chi connectivity index (χ4n) is 1.52. The van der Waals surface area contributed by atoms with Gasteiger partial charge in [0.1, 0.15) is 0 Å². The summed E-state index contributed by atoms with van der Waals surface area (Å²) >= 11 is 0. The topological polar surface area (TPSA) is 67.1 Å². The maximum absolute atomic E-state index is 11.6. The van der Waals surface area contributed by atoms with E-state index in [1.54, 1.807) is 0 Å². The van der Waals surface area contributed by atoms with E-state index in [4.69, 9.17) is 5.73 Å². The Morgan fingerprint density at radius 1 is 1.28 bits per heavy atom. The molecule has 0 fully saturated rings. The third-order valence-corrected chi connectivity index (χ3v) is 2.52. The Morgan fingerprint density at radius 2 is 1.94 bits per heavy atom. The zero-order valence-electron chi connectivity index (χ0n) is 10.8. The summed E-state index contributed by atoms with van der Waals surface area (Å²) in [6, 6.07) is 7.78. The number of carbonyl (C=O) groups excluding carboxylic acids is 1. The zero-order chi connectivity index (χ0) is 13.4. The van der Waals surface area contributed by atoms with Crippen molar-refractivity contribution >= 4 is 11.6 Å². The summed E-state index contributed by atoms with van der Waals surface area (Å²) < 4.78 is 0. The molecule has 1 amide bonds. The van der Waals surface area contributed by atoms with Crippen molar-refractivity contribution in [2.45, 2.75) is 26.2 Å². The lowest BCUT2D eigenvalue weighted by atomic mass is 10.2. The average molecular weight is 247 g/mol. The molecule has 0 spiro atoms. The minimum absolute atomic E-state index is 0.0467. The molecule has 0 aliphatic heterocycles. The lowest BCUT2D eigenvalue weighted by Gasteiger charge is -2.06. The second kappa shape index (κ2) is 7.37. The van der Waals surface area contributed by atoms with E-state index in [0.717, 1.165) is 25.1 Å². The third-order valence-electron chi connectivity index (χ3n) is 2.52. The van der Waals surface area contributed by atoms with Gasteiger partial charge >= 0.3 is 0 Å². The number of amides is 1. The van der Waals surface area contributed by atoms with Gasteiger partial charge in [-0.2, -0.15) is 0 Å². The molecular formula is C14H21N3O. The Balaban J connectivity index is 2.17. The molecule has 0 aliphatic rings. The number of nitrogens with two attached hydrogens (primary N) is 1. The molecule has 0 unspecified atom stereocenters. The highest BCUT2D eigenvalue weighted by Gasteiger charge is 2.01. The van der Waals surface area contributed by atoms with Gasteiger partial charge < -0.3 is 16.4 Å². The Kier molecular flexibility index (Phi) is 5.77. The van der Waals surface area contributed by atoms with Gasteiger partial charge in [0, 0.05) is 18.7 Å². The molecule has 1 rings (SSSR count). The van der Waals surface area contributed by atoms with Crippen LogP contribution in [0.4, 0.5) is 5.69 Å². The van der Waals surface area contributed by atoms with Gasteiger partial charge in [0.15, 0.2) is 0 Å². The number of hydrogen-bond acceptors (Lipinski definition) is 3. The van der Waals surface area contributed by atoms with E-state index in [0.29, 0.717) is 12.2 Å². The monoisotopic (exact) mass is 247 g/mol. The highest BCUT2D eigenvalue weighted by molar-refractivity contribution is 5.90. The first-order chi connectivity index (χ1) is 8.58. The lowest BCUT2D eigenvalue weighted by molar-refractivity contribution is -0.116. The summed E-state index contributed by atoms with van der Waals surface area (Å²) in [5.41, 5.74) is 7.39. The van der Waals surface area contributed by atoms with E-state index in [1.807, 2.05) is 31.2 Å². The van der Waals surface area contributed by atoms with Crippen LogP contribution < -0.4 is 16.4 Å². The van der Waals surface area contributed by atoms with E-state index < -0.39 is 0 Å². The smallest absolute Gasteiger partial charge is 0.224 e. The SMILES string of the molecule is C=C(N)NCCCCC(=O)Nc1ccc(C)cc1. The average Bonchev–Trinajstić information content (AvgIpc) is 2.31. The van der Waals surface area contributed by atoms with Crippen LogP contribution in [0.15, 0.2) is 36.7 Å². The molecule has 4 heteroatoms. The van der Waals surface area contributed by atoms with Crippen molar-refractivity contribution < 1.29 is 4.79 Å². The Hall–Kier alpha value is -1.97. The lowest BCUT2D eigenvalue weighted by Crippen LogP contribution is -2.20. The van der Waals surface area contributed by atoms with Crippen LogP contribution in [0.1, 0.15) is 24.8 Å². The quantitative estimate of drug-likeness (QED) is 0.647. The molecule has 0 radical (unpaired) electrons. The van der Waals surface area contributed by atoms with E-state index in [1.165, 1.54) is 5.56 Å². The molecule has 0 bridgehead atoms. The molecule has 4 N–H and O–H groups in total. The number of rotatable bonds is 7. The molecule has 0 atom stereocenters. The molecule has 1 aromatic carbocycles. The molecule has 0 aliphatic carbocycles. The van der Waals surface area contributed by atoms with Gasteiger partial charge in [-0.05, 0) is 31.9 Å². The molecular weight excluding hydrogens is 226 g/mol. The predicted octanol–water partition coefficient (Wildman–Crippen LogP) is 2.12. The van der Waals surface area contributed by atoms with Crippen LogP contribution >= 0.6 is 0 Å². The van der Waals surface area contributed by atoms with Crippen LogP contribution in [-0.2, 0) is 4.79 Å². The Morgan fingerprint density at radius 3 is 2.56 bits per heavy atom. The largest absolute Gasteiger partial charge is 0.386 e. The minimum Gasteiger partial charge on any atom is -0.386 e. The van der Waals surface area contributed by atoms with Gasteiger partial charge in [-0.3, -0.25) is 4.79 Å². The maximum atomic E-state index is 11.6. The van der Waals surface area contributed by atoms with Gasteiger partial charge in [-0.25, -0.2) is 0 Å². The fourth-order valence-corrected chi connectivity index (χ4v) is 1.52. The standard InChI is InChI=1S/C14H21N3O/c1-11-6-8-13(9-7-11)17-14(18)5-3-4-10-16-12(2)15/h6-9,16H,2-5,10,15H2,1H3,(H,17,18). The molecule has 0 aromatic heterocycles. The van der Waals surface area contributed by atoms with Gasteiger partial charge in [-0.1, -0.05) is 24.3 Å². The van der Waals surface area contributed by atoms with E-state index in [-0.39, 0.29) is 5.91 Å². The number of benzene rings is 1. The van der Waals surface area contributed by atoms with Crippen LogP contribution in [0.5, 0.6) is 0 Å². The van der Waals surface area contributed by atoms with Crippen LogP contribution in [0.2, 0.25) is 0 Å². The molecule has 0 heterocycles. The summed E-state index contributed by atoms with van der Waals surface area (Å²) in [5, 5.41) is 5.79. The minimum atomic E-state index is 0.0467. The first kappa shape index (κ1) is 14.1. The molecule has 1 aromatic rings. The summed E-state index contributed by atoms with van der Waals surface area (Å²) in [6.45, 7) is 6.31. The first-order valence-electron chi connectivity index (χ1n) is 6.12. The molecule has 98 valence electrons. The van der Waals surface area contributed by atoms with Crippen molar-refractivity contribution in [2.75, 3.05) is 11.9 Å². The number of hydrogen-bond donors (Lipinski definition) is 3. The number of aryl methyl sites for hydroxylation is 1. The highest BCUT2D eigenvalue weighted by Crippen LogP contribution is 2.09. The summed E-state index contributed by atoms with van der Waals surface area (Å²) in [7, 11) is 0. The van der Waals surface area contributed by atoms with Gasteiger partial charge in [0.2, 0.25) is 5.91 Å². The van der Waals surface area contributed by atoms with Crippen molar-refractivity contribution in [2.24, 2.45) is 5.73 Å². The van der Waals surface area contributed by atoms with Crippen molar-refractivity contribution in [3.8, 4) is 0 Å². The fraction of sp³-hybridized carbons (Fsp3) is 0.357. The Labute approximate surface area is 108 Å². The Bertz CT molecular complexity index is 398. The van der Waals surface area contributed by atoms with Crippen LogP contribution in [0, 0.1) is 6.92 Å². The molecule has 18 heavy (non-hydrogen) atoms. The van der Waals surface area contributed by atoms with Crippen LogP contribution in [0.25, 0.3) is 0 Å². The normalized spacial score (nSPS) is 9.83. The van der Waals surface area contributed by atoms with Crippen molar-refractivity contribution in [1.82, 2.24) is 5.32 Å². The number of unbranched alkanes of at least 4 members (excludes halogenated alkanes) is 1. The summed E-state index contributed by atoms with van der Waals surface area (Å²) in [4.78, 5) is 11.6. The van der Waals surface area contributed by atoms with E-state index >= 15 is 0 Å². The zero-order valence-corrected chi connectivity index (χ0v) is 10.8. The molecule has 4 nitrogen and oxygen atoms in total. The predicted molar refractivity (Wildman–Crippen MR) is 75.0 cm³/mol. The van der Waals surface area contributed by atoms with E-state index in [9.17, 15) is 4.79 Å². The summed E-state index contributed by atoms with van der Waals surface area (Å²) in [5.74, 6) is 0.518. The first-order valence-corrected chi connectivity index (χ1v) is 6.12. The van der Waals surface area contributed by atoms with Gasteiger partial charge in [0.05, 0.1) is 5.82 Å². The summed E-state index contributed by atoms with van der Waals surface area (Å²) in [6.07, 6.45) is 2.25. The van der Waals surface area contributed by atoms with Crippen molar-refractivity contribution in [1.29, 1.82) is 0 Å². The molecule has 0 saturated heterocycles. The van der Waals surface area contributed by atoms with Crippen LogP contribution in [-0.4, -0.2) is 12.5 Å². The van der Waals surface area contributed by atoms with Crippen molar-refractivity contribution in [3.05, 3.63) is 42.2 Å². The second-order valence-electron chi connectivity index (χ2n) is 4.32. The molecule has 0 saturated carbocycles. The highest BCUT2D eigenvalue weighted by atomic mass is 16.1. The second-order valence-corrected chi connectivity index (χ2v) is 4.32. The third kappa shape index (κ3) is 5.94.